The van der Waals surface area contributed by atoms with E-state index in [-0.39, 0.29) is 51.0 Å². The molecule has 0 aliphatic rings. The van der Waals surface area contributed by atoms with Gasteiger partial charge in [0.1, 0.15) is 0 Å². The molecule has 0 bridgehead atoms. The first-order valence-corrected chi connectivity index (χ1v) is 16.1. The second-order valence-electron chi connectivity index (χ2n) is 11.7. The van der Waals surface area contributed by atoms with Crippen LogP contribution < -0.4 is 40.4 Å². The summed E-state index contributed by atoms with van der Waals surface area (Å²) in [6.45, 7) is 16.9. The van der Waals surface area contributed by atoms with E-state index in [9.17, 15) is 0 Å². The summed E-state index contributed by atoms with van der Waals surface area (Å²) < 4.78 is 0. The summed E-state index contributed by atoms with van der Waals surface area (Å²) in [4.78, 5) is 0. The molecule has 0 N–H and O–H groups in total. The average molecular weight is 651 g/mol. The van der Waals surface area contributed by atoms with Gasteiger partial charge in [-0.15, -0.1) is 80.2 Å². The van der Waals surface area contributed by atoms with Gasteiger partial charge in [0, 0.05) is 8.07 Å². The minimum atomic E-state index is -2.36. The van der Waals surface area contributed by atoms with Crippen LogP contribution in [0.25, 0.3) is 21.5 Å². The van der Waals surface area contributed by atoms with Crippen molar-refractivity contribution in [3.8, 4) is 0 Å². The van der Waals surface area contributed by atoms with Crippen LogP contribution in [0.4, 0.5) is 0 Å². The van der Waals surface area contributed by atoms with E-state index < -0.39 is 8.07 Å². The molecule has 5 aromatic rings. The van der Waals surface area contributed by atoms with Gasteiger partial charge in [-0.05, 0) is 0 Å². The largest absolute Gasteiger partial charge is 4.00 e. The molecule has 4 heteroatoms. The van der Waals surface area contributed by atoms with E-state index in [4.69, 9.17) is 0 Å². The van der Waals surface area contributed by atoms with Gasteiger partial charge in [-0.25, -0.2) is 0 Å². The van der Waals surface area contributed by atoms with Gasteiger partial charge in [0.15, 0.2) is 0 Å². The minimum Gasteiger partial charge on any atom is -1.00 e. The number of halogens is 2. The molecule has 0 nitrogen and oxygen atoms in total. The SMILES string of the molecule is Cc1c([Si](C)(c2ccccc2)c2c(C)[c-](CC(C)C)c3ccccc23)c2ccccc2[c-]1CC(C)C.[Cl-].[Cl-].[Zr+4]. The molecule has 0 aliphatic heterocycles. The fourth-order valence-corrected chi connectivity index (χ4v) is 11.9. The Labute approximate surface area is 268 Å². The number of benzene rings is 3. The summed E-state index contributed by atoms with van der Waals surface area (Å²) in [6, 6.07) is 29.9. The van der Waals surface area contributed by atoms with Crippen molar-refractivity contribution in [1.29, 1.82) is 0 Å². The Morgan fingerprint density at radius 3 is 1.33 bits per heavy atom. The molecule has 0 fully saturated rings. The van der Waals surface area contributed by atoms with Crippen molar-refractivity contribution in [2.24, 2.45) is 11.8 Å². The summed E-state index contributed by atoms with van der Waals surface area (Å²) in [6.07, 6.45) is 2.26. The van der Waals surface area contributed by atoms with E-state index in [0.717, 1.165) is 12.8 Å². The quantitative estimate of drug-likeness (QED) is 0.185. The molecule has 0 atom stereocenters. The Kier molecular flexibility index (Phi) is 11.7. The standard InChI is InChI=1S/C35H40Si.2ClH.Zr/c1-23(2)21-32-25(5)34(30-19-13-11-17-28(30)32)36(7,27-15-9-8-10-16-27)35-26(6)33(22-24(3)4)29-18-12-14-20-31(29)35;;;/h8-20,23-24H,21-22H2,1-7H3;2*1H;/q-2;;;+4/p-2. The molecule has 0 heterocycles. The predicted molar refractivity (Wildman–Crippen MR) is 163 cm³/mol. The van der Waals surface area contributed by atoms with E-state index in [1.165, 1.54) is 37.9 Å². The Bertz CT molecular complexity index is 1430. The fraction of sp³-hybridized carbons (Fsp3) is 0.314. The number of hydrogen-bond donors (Lipinski definition) is 0. The minimum absolute atomic E-state index is 0. The van der Waals surface area contributed by atoms with Crippen LogP contribution in [-0.2, 0) is 39.0 Å². The normalized spacial score (nSPS) is 11.5. The molecule has 0 amide bonds. The van der Waals surface area contributed by atoms with Gasteiger partial charge >= 0.3 is 26.2 Å². The van der Waals surface area contributed by atoms with Crippen molar-refractivity contribution in [2.45, 2.75) is 60.9 Å². The van der Waals surface area contributed by atoms with Crippen LogP contribution >= 0.6 is 0 Å². The molecule has 0 saturated heterocycles. The molecule has 0 radical (unpaired) electrons. The number of fused-ring (bicyclic) bond motifs is 2. The second-order valence-corrected chi connectivity index (χ2v) is 15.6. The Morgan fingerprint density at radius 2 is 0.949 bits per heavy atom. The van der Waals surface area contributed by atoms with Crippen molar-refractivity contribution in [1.82, 2.24) is 0 Å². The van der Waals surface area contributed by atoms with Crippen molar-refractivity contribution in [3.05, 3.63) is 101 Å². The summed E-state index contributed by atoms with van der Waals surface area (Å²) in [5, 5.41) is 10.6. The maximum absolute atomic E-state index is 2.63. The van der Waals surface area contributed by atoms with E-state index in [1.807, 2.05) is 0 Å². The predicted octanol–water partition coefficient (Wildman–Crippen LogP) is 1.55. The van der Waals surface area contributed by atoms with Crippen LogP contribution in [0.3, 0.4) is 0 Å². The number of hydrogen-bond acceptors (Lipinski definition) is 0. The number of rotatable bonds is 7. The fourth-order valence-electron chi connectivity index (χ4n) is 6.85. The van der Waals surface area contributed by atoms with Crippen LogP contribution in [0.15, 0.2) is 78.9 Å². The molecule has 5 rings (SSSR count). The third-order valence-electron chi connectivity index (χ3n) is 8.27. The summed E-state index contributed by atoms with van der Waals surface area (Å²) >= 11 is 0. The average Bonchev–Trinajstić information content (AvgIpc) is 3.30. The van der Waals surface area contributed by atoms with Crippen LogP contribution in [-0.4, -0.2) is 8.07 Å². The molecule has 0 spiro atoms. The van der Waals surface area contributed by atoms with E-state index in [0.29, 0.717) is 11.8 Å². The zero-order chi connectivity index (χ0) is 25.6. The van der Waals surface area contributed by atoms with E-state index in [2.05, 4.69) is 127 Å². The van der Waals surface area contributed by atoms with Gasteiger partial charge in [0.05, 0.1) is 0 Å². The first-order valence-electron chi connectivity index (χ1n) is 13.6. The van der Waals surface area contributed by atoms with Gasteiger partial charge in [0.2, 0.25) is 0 Å². The molecular formula is C35H40Cl2SiZr. The third kappa shape index (κ3) is 5.83. The van der Waals surface area contributed by atoms with E-state index >= 15 is 0 Å². The zero-order valence-electron chi connectivity index (χ0n) is 24.3. The van der Waals surface area contributed by atoms with Crippen LogP contribution in [0.2, 0.25) is 6.55 Å². The Balaban J connectivity index is 0.00000178. The molecule has 0 aromatic heterocycles. The van der Waals surface area contributed by atoms with Crippen LogP contribution in [0, 0.1) is 25.7 Å². The first-order chi connectivity index (χ1) is 17.2. The molecular weight excluding hydrogens is 611 g/mol. The van der Waals surface area contributed by atoms with Crippen molar-refractivity contribution in [2.75, 3.05) is 0 Å². The second kappa shape index (κ2) is 13.5. The van der Waals surface area contributed by atoms with E-state index in [1.54, 1.807) is 21.5 Å². The van der Waals surface area contributed by atoms with Crippen molar-refractivity contribution < 1.29 is 51.0 Å². The van der Waals surface area contributed by atoms with Crippen LogP contribution in [0.5, 0.6) is 0 Å². The summed E-state index contributed by atoms with van der Waals surface area (Å²) in [7, 11) is -2.36. The maximum atomic E-state index is 2.63. The Morgan fingerprint density at radius 1 is 0.590 bits per heavy atom. The van der Waals surface area contributed by atoms with Gasteiger partial charge in [-0.2, -0.15) is 10.4 Å². The van der Waals surface area contributed by atoms with Crippen molar-refractivity contribution in [3.63, 3.8) is 0 Å². The smallest absolute Gasteiger partial charge is 1.00 e. The molecule has 0 unspecified atom stereocenters. The molecule has 39 heavy (non-hydrogen) atoms. The van der Waals surface area contributed by atoms with Gasteiger partial charge in [-0.1, -0.05) is 120 Å². The Hall–Kier alpha value is -1.44. The molecule has 0 aliphatic carbocycles. The third-order valence-corrected chi connectivity index (χ3v) is 13.1. The summed E-state index contributed by atoms with van der Waals surface area (Å²) in [5.41, 5.74) is 6.17. The van der Waals surface area contributed by atoms with Crippen LogP contribution in [0.1, 0.15) is 49.9 Å². The summed E-state index contributed by atoms with van der Waals surface area (Å²) in [5.74, 6) is 1.26. The van der Waals surface area contributed by atoms with Gasteiger partial charge in [-0.3, -0.25) is 0 Å². The maximum Gasteiger partial charge on any atom is 4.00 e. The topological polar surface area (TPSA) is 0 Å². The molecule has 202 valence electrons. The first kappa shape index (κ1) is 33.8. The zero-order valence-corrected chi connectivity index (χ0v) is 29.3. The van der Waals surface area contributed by atoms with Gasteiger partial charge in [0.25, 0.3) is 0 Å². The van der Waals surface area contributed by atoms with Gasteiger partial charge < -0.3 is 24.8 Å². The monoisotopic (exact) mass is 648 g/mol. The van der Waals surface area contributed by atoms with Crippen molar-refractivity contribution >= 4 is 45.2 Å². The molecule has 0 saturated carbocycles. The molecule has 5 aromatic carbocycles.